The van der Waals surface area contributed by atoms with Gasteiger partial charge in [-0.05, 0) is 43.7 Å². The fraction of sp³-hybridized carbons (Fsp3) is 0.480. The van der Waals surface area contributed by atoms with Crippen molar-refractivity contribution >= 4 is 38.7 Å². The second-order valence-corrected chi connectivity index (χ2v) is 11.5. The summed E-state index contributed by atoms with van der Waals surface area (Å²) in [7, 11) is -5.88. The fourth-order valence-corrected chi connectivity index (χ4v) is 6.17. The largest absolute Gasteiger partial charge is 0.455 e. The van der Waals surface area contributed by atoms with Crippen LogP contribution in [0, 0.1) is 11.8 Å². The number of esters is 2. The highest BCUT2D eigenvalue weighted by Gasteiger charge is 2.73. The summed E-state index contributed by atoms with van der Waals surface area (Å²) < 4.78 is 75.5. The molecule has 2 aromatic carbocycles. The van der Waals surface area contributed by atoms with Crippen molar-refractivity contribution in [2.45, 2.75) is 62.5 Å². The van der Waals surface area contributed by atoms with Crippen LogP contribution in [0.3, 0.4) is 0 Å². The Kier molecular flexibility index (Phi) is 6.23. The molecule has 13 heteroatoms. The molecule has 7 unspecified atom stereocenters. The molecule has 2 bridgehead atoms. The quantitative estimate of drug-likeness (QED) is 0.405. The number of nitrogens with zero attached hydrogens (tertiary/aromatic N) is 1. The summed E-state index contributed by atoms with van der Waals surface area (Å²) in [5, 5.41) is -3.09. The molecule has 2 aromatic rings. The van der Waals surface area contributed by atoms with Crippen LogP contribution in [-0.2, 0) is 33.9 Å². The molecule has 3 saturated heterocycles. The van der Waals surface area contributed by atoms with E-state index in [-0.39, 0.29) is 11.6 Å². The van der Waals surface area contributed by atoms with Crippen molar-refractivity contribution in [3.63, 3.8) is 0 Å². The Bertz CT molecular complexity index is 1430. The summed E-state index contributed by atoms with van der Waals surface area (Å²) in [5.74, 6) is -5.04. The first-order valence-corrected chi connectivity index (χ1v) is 13.4. The number of amides is 1. The molecule has 0 saturated carbocycles. The number of hydrogen-bond acceptors (Lipinski definition) is 8. The third-order valence-electron chi connectivity index (χ3n) is 7.43. The molecule has 3 aliphatic rings. The summed E-state index contributed by atoms with van der Waals surface area (Å²) in [6.07, 6.45) is -5.72. The third-order valence-corrected chi connectivity index (χ3v) is 8.45. The Morgan fingerprint density at radius 3 is 2.37 bits per heavy atom. The average molecular weight is 554 g/mol. The van der Waals surface area contributed by atoms with Crippen LogP contribution in [0.5, 0.6) is 0 Å². The molecule has 0 aliphatic carbocycles. The van der Waals surface area contributed by atoms with E-state index in [1.165, 1.54) is 4.90 Å². The molecule has 0 spiro atoms. The average Bonchev–Trinajstić information content (AvgIpc) is 3.45. The molecule has 1 N–H and O–H groups in total. The zero-order valence-electron chi connectivity index (χ0n) is 20.5. The summed E-state index contributed by atoms with van der Waals surface area (Å²) >= 11 is 0. The lowest BCUT2D eigenvalue weighted by molar-refractivity contribution is -0.169. The highest BCUT2D eigenvalue weighted by molar-refractivity contribution is 7.86. The number of halogens is 2. The standard InChI is InChI=1S/C25H25F2NO9S/c1-11(2)28-18-19-16(22(28)29)17(24(31)35-12(3)25(26,27)38(32,33)34)20(36-19)21(18)37-23(30)15-9-8-13-6-4-5-7-14(13)10-15/h4-12,16-21H,1-3H3,(H,32,33,34). The van der Waals surface area contributed by atoms with Crippen LogP contribution in [0.4, 0.5) is 8.78 Å². The maximum absolute atomic E-state index is 14.0. The topological polar surface area (TPSA) is 137 Å². The molecule has 3 aliphatic heterocycles. The van der Waals surface area contributed by atoms with E-state index in [0.29, 0.717) is 6.92 Å². The second-order valence-electron chi connectivity index (χ2n) is 9.99. The van der Waals surface area contributed by atoms with Crippen LogP contribution < -0.4 is 0 Å². The van der Waals surface area contributed by atoms with E-state index in [9.17, 15) is 31.6 Å². The Morgan fingerprint density at radius 1 is 1.08 bits per heavy atom. The maximum atomic E-state index is 14.0. The number of likely N-dealkylation sites (tertiary alicyclic amines) is 1. The number of ether oxygens (including phenoxy) is 3. The van der Waals surface area contributed by atoms with Crippen molar-refractivity contribution in [2.75, 3.05) is 0 Å². The summed E-state index contributed by atoms with van der Waals surface area (Å²) in [4.78, 5) is 41.0. The molecule has 5 rings (SSSR count). The molecule has 0 radical (unpaired) electrons. The van der Waals surface area contributed by atoms with Gasteiger partial charge in [-0.2, -0.15) is 17.2 Å². The van der Waals surface area contributed by atoms with Gasteiger partial charge in [-0.3, -0.25) is 14.1 Å². The molecule has 3 heterocycles. The highest BCUT2D eigenvalue weighted by atomic mass is 32.2. The minimum atomic E-state index is -5.88. The van der Waals surface area contributed by atoms with Gasteiger partial charge in [-0.25, -0.2) is 4.79 Å². The molecule has 1 amide bonds. The van der Waals surface area contributed by atoms with Gasteiger partial charge in [0.25, 0.3) is 0 Å². The number of rotatable bonds is 7. The third kappa shape index (κ3) is 3.95. The fourth-order valence-electron chi connectivity index (χ4n) is 5.70. The molecule has 38 heavy (non-hydrogen) atoms. The summed E-state index contributed by atoms with van der Waals surface area (Å²) in [6, 6.07) is 11.3. The lowest BCUT2D eigenvalue weighted by atomic mass is 9.78. The lowest BCUT2D eigenvalue weighted by Crippen LogP contribution is -2.52. The number of carbonyl (C=O) groups is 3. The molecule has 204 valence electrons. The maximum Gasteiger partial charge on any atom is 0.405 e. The predicted octanol–water partition coefficient (Wildman–Crippen LogP) is 2.41. The van der Waals surface area contributed by atoms with E-state index < -0.39 is 75.5 Å². The van der Waals surface area contributed by atoms with Crippen molar-refractivity contribution < 1.29 is 50.3 Å². The first-order chi connectivity index (χ1) is 17.7. The van der Waals surface area contributed by atoms with Crippen LogP contribution in [0.2, 0.25) is 0 Å². The molecular formula is C25H25F2NO9S. The van der Waals surface area contributed by atoms with E-state index in [2.05, 4.69) is 0 Å². The van der Waals surface area contributed by atoms with E-state index in [1.54, 1.807) is 32.0 Å². The van der Waals surface area contributed by atoms with Crippen LogP contribution >= 0.6 is 0 Å². The van der Waals surface area contributed by atoms with Crippen LogP contribution in [0.1, 0.15) is 31.1 Å². The Hall–Kier alpha value is -3.16. The SMILES string of the molecule is CC(C)N1C(=O)C2C3OC(C(OC(=O)c4ccc5ccccc5c4)C31)C2C(=O)OC(C)C(F)(F)S(=O)(=O)O. The van der Waals surface area contributed by atoms with E-state index in [1.807, 2.05) is 24.3 Å². The minimum absolute atomic E-state index is 0.226. The molecule has 7 atom stereocenters. The van der Waals surface area contributed by atoms with Gasteiger partial charge in [0.05, 0.1) is 23.6 Å². The molecular weight excluding hydrogens is 528 g/mol. The van der Waals surface area contributed by atoms with Gasteiger partial charge in [0.1, 0.15) is 12.0 Å². The van der Waals surface area contributed by atoms with Crippen LogP contribution in [-0.4, -0.2) is 77.5 Å². The van der Waals surface area contributed by atoms with Gasteiger partial charge in [0.2, 0.25) is 5.91 Å². The first-order valence-electron chi connectivity index (χ1n) is 12.0. The number of alkyl halides is 2. The Morgan fingerprint density at radius 2 is 1.74 bits per heavy atom. The number of carbonyl (C=O) groups excluding carboxylic acids is 3. The monoisotopic (exact) mass is 553 g/mol. The van der Waals surface area contributed by atoms with Gasteiger partial charge in [-0.15, -0.1) is 0 Å². The van der Waals surface area contributed by atoms with Crippen molar-refractivity contribution in [3.8, 4) is 0 Å². The minimum Gasteiger partial charge on any atom is -0.455 e. The van der Waals surface area contributed by atoms with E-state index >= 15 is 0 Å². The number of hydrogen-bond donors (Lipinski definition) is 1. The van der Waals surface area contributed by atoms with Gasteiger partial charge in [0.15, 0.2) is 12.2 Å². The lowest BCUT2D eigenvalue weighted by Gasteiger charge is -2.33. The molecule has 10 nitrogen and oxygen atoms in total. The van der Waals surface area contributed by atoms with E-state index in [4.69, 9.17) is 18.8 Å². The number of fused-ring (bicyclic) bond motifs is 2. The first kappa shape index (κ1) is 26.4. The summed E-state index contributed by atoms with van der Waals surface area (Å²) in [5.41, 5.74) is 0.226. The number of benzene rings is 2. The zero-order chi connectivity index (χ0) is 27.7. The predicted molar refractivity (Wildman–Crippen MR) is 127 cm³/mol. The second kappa shape index (κ2) is 8.95. The van der Waals surface area contributed by atoms with Crippen molar-refractivity contribution in [1.29, 1.82) is 0 Å². The van der Waals surface area contributed by atoms with E-state index in [0.717, 1.165) is 10.8 Å². The van der Waals surface area contributed by atoms with Crippen LogP contribution in [0.25, 0.3) is 10.8 Å². The molecule has 3 fully saturated rings. The van der Waals surface area contributed by atoms with Crippen LogP contribution in [0.15, 0.2) is 42.5 Å². The van der Waals surface area contributed by atoms with Gasteiger partial charge >= 0.3 is 27.3 Å². The smallest absolute Gasteiger partial charge is 0.405 e. The van der Waals surface area contributed by atoms with Gasteiger partial charge in [0, 0.05) is 6.04 Å². The van der Waals surface area contributed by atoms with Crippen molar-refractivity contribution in [1.82, 2.24) is 4.90 Å². The Labute approximate surface area is 216 Å². The highest BCUT2D eigenvalue weighted by Crippen LogP contribution is 2.53. The van der Waals surface area contributed by atoms with Gasteiger partial charge < -0.3 is 19.1 Å². The van der Waals surface area contributed by atoms with Crippen molar-refractivity contribution in [2.24, 2.45) is 11.8 Å². The van der Waals surface area contributed by atoms with Crippen molar-refractivity contribution in [3.05, 3.63) is 48.0 Å². The molecule has 0 aromatic heterocycles. The van der Waals surface area contributed by atoms with Gasteiger partial charge in [-0.1, -0.05) is 30.3 Å². The zero-order valence-corrected chi connectivity index (χ0v) is 21.3. The normalized spacial score (nSPS) is 29.2. The summed E-state index contributed by atoms with van der Waals surface area (Å²) in [6.45, 7) is 4.08. The Balaban J connectivity index is 1.44.